The van der Waals surface area contributed by atoms with Gasteiger partial charge in [0.05, 0.1) is 0 Å². The minimum atomic E-state index is -0.0147. The molecule has 0 radical (unpaired) electrons. The van der Waals surface area contributed by atoms with Gasteiger partial charge in [-0.1, -0.05) is 6.07 Å². The molecule has 20 heavy (non-hydrogen) atoms. The molecule has 0 heterocycles. The molecule has 2 bridgehead atoms. The average Bonchev–Trinajstić information content (AvgIpc) is 2.81. The number of hydrogen-bond acceptors (Lipinski definition) is 1. The van der Waals surface area contributed by atoms with Crippen molar-refractivity contribution in [3.8, 4) is 0 Å². The van der Waals surface area contributed by atoms with Crippen molar-refractivity contribution in [1.82, 2.24) is 5.32 Å². The van der Waals surface area contributed by atoms with Crippen molar-refractivity contribution in [3.63, 3.8) is 0 Å². The molecular weight excluding hydrogens is 249 g/mol. The molecule has 1 N–H and O–H groups in total. The Kier molecular flexibility index (Phi) is 2.76. The fraction of sp³-hybridized carbons (Fsp3) is 0.667. The highest BCUT2D eigenvalue weighted by molar-refractivity contribution is 5.36. The first-order chi connectivity index (χ1) is 9.61. The molecule has 0 aliphatic heterocycles. The Morgan fingerprint density at radius 1 is 1.15 bits per heavy atom. The van der Waals surface area contributed by atoms with Crippen LogP contribution in [0.3, 0.4) is 0 Å². The first-order valence-corrected chi connectivity index (χ1v) is 8.05. The summed E-state index contributed by atoms with van der Waals surface area (Å²) in [5.74, 6) is 4.32. The zero-order valence-electron chi connectivity index (χ0n) is 12.6. The van der Waals surface area contributed by atoms with Gasteiger partial charge in [0.15, 0.2) is 0 Å². The van der Waals surface area contributed by atoms with Gasteiger partial charge in [-0.05, 0) is 86.9 Å². The highest BCUT2D eigenvalue weighted by atomic mass is 19.1. The van der Waals surface area contributed by atoms with Crippen LogP contribution >= 0.6 is 0 Å². The lowest BCUT2D eigenvalue weighted by Gasteiger charge is -2.23. The van der Waals surface area contributed by atoms with Gasteiger partial charge in [-0.25, -0.2) is 4.39 Å². The van der Waals surface area contributed by atoms with Crippen LogP contribution in [0, 0.1) is 49.3 Å². The second kappa shape index (κ2) is 4.30. The summed E-state index contributed by atoms with van der Waals surface area (Å²) < 4.78 is 14.5. The molecule has 0 saturated heterocycles. The second-order valence-corrected chi connectivity index (χ2v) is 7.31. The van der Waals surface area contributed by atoms with E-state index < -0.39 is 0 Å². The summed E-state index contributed by atoms with van der Waals surface area (Å²) in [6.07, 6.45) is 4.31. The largest absolute Gasteiger partial charge is 0.313 e. The van der Waals surface area contributed by atoms with Crippen LogP contribution in [0.5, 0.6) is 0 Å². The van der Waals surface area contributed by atoms with Crippen LogP contribution in [0.1, 0.15) is 42.0 Å². The molecule has 1 aromatic carbocycles. The number of nitrogens with one attached hydrogen (secondary N) is 1. The van der Waals surface area contributed by atoms with E-state index in [2.05, 4.69) is 18.3 Å². The van der Waals surface area contributed by atoms with Gasteiger partial charge in [-0.3, -0.25) is 0 Å². The summed E-state index contributed by atoms with van der Waals surface area (Å²) in [7, 11) is 2.00. The summed E-state index contributed by atoms with van der Waals surface area (Å²) in [6, 6.07) is 4.03. The van der Waals surface area contributed by atoms with Gasteiger partial charge >= 0.3 is 0 Å². The number of hydrogen-bond donors (Lipinski definition) is 1. The Bertz CT molecular complexity index is 513. The minimum absolute atomic E-state index is 0.0147. The van der Waals surface area contributed by atoms with E-state index in [4.69, 9.17) is 0 Å². The van der Waals surface area contributed by atoms with Crippen molar-refractivity contribution in [2.45, 2.75) is 39.2 Å². The summed E-state index contributed by atoms with van der Waals surface area (Å²) in [6.45, 7) is 4.03. The van der Waals surface area contributed by atoms with Gasteiger partial charge in [-0.2, -0.15) is 0 Å². The standard InChI is InChI=1S/C18H24FN/c1-9-6-10(2)14(13(19)7-9)18(20-3)17-15-11-4-5-12(8-11)16(15)17/h6-7,11-12,15-18,20H,4-5,8H2,1-3H3. The zero-order valence-corrected chi connectivity index (χ0v) is 12.6. The predicted octanol–water partition coefficient (Wildman–Crippen LogP) is 4.00. The number of aryl methyl sites for hydroxylation is 2. The smallest absolute Gasteiger partial charge is 0.128 e. The Morgan fingerprint density at radius 3 is 2.35 bits per heavy atom. The number of rotatable bonds is 3. The van der Waals surface area contributed by atoms with Gasteiger partial charge < -0.3 is 5.32 Å². The molecule has 1 aromatic rings. The van der Waals surface area contributed by atoms with Crippen LogP contribution in [0.4, 0.5) is 4.39 Å². The van der Waals surface area contributed by atoms with Gasteiger partial charge in [0.25, 0.3) is 0 Å². The third-order valence-electron chi connectivity index (χ3n) is 6.28. The van der Waals surface area contributed by atoms with E-state index in [9.17, 15) is 4.39 Å². The fourth-order valence-corrected chi connectivity index (χ4v) is 5.69. The second-order valence-electron chi connectivity index (χ2n) is 7.31. The molecule has 3 saturated carbocycles. The highest BCUT2D eigenvalue weighted by Crippen LogP contribution is 2.72. The number of halogens is 1. The molecule has 5 atom stereocenters. The van der Waals surface area contributed by atoms with E-state index in [-0.39, 0.29) is 11.9 Å². The summed E-state index contributed by atoms with van der Waals surface area (Å²) in [4.78, 5) is 0. The van der Waals surface area contributed by atoms with E-state index in [1.54, 1.807) is 6.07 Å². The molecule has 5 unspecified atom stereocenters. The maximum Gasteiger partial charge on any atom is 0.128 e. The van der Waals surface area contributed by atoms with Crippen molar-refractivity contribution in [1.29, 1.82) is 0 Å². The van der Waals surface area contributed by atoms with Crippen LogP contribution in [-0.2, 0) is 0 Å². The quantitative estimate of drug-likeness (QED) is 0.878. The molecular formula is C18H24FN. The van der Waals surface area contributed by atoms with Gasteiger partial charge in [0, 0.05) is 11.6 Å². The van der Waals surface area contributed by atoms with Gasteiger partial charge in [-0.15, -0.1) is 0 Å². The molecule has 0 amide bonds. The van der Waals surface area contributed by atoms with Crippen molar-refractivity contribution < 1.29 is 4.39 Å². The summed E-state index contributed by atoms with van der Waals surface area (Å²) in [5.41, 5.74) is 3.06. The third-order valence-corrected chi connectivity index (χ3v) is 6.28. The SMILES string of the molecule is CNC(c1c(C)cc(C)cc1F)C1C2C3CCC(C3)C21. The normalized spacial score (nSPS) is 38.9. The lowest BCUT2D eigenvalue weighted by atomic mass is 9.90. The Morgan fingerprint density at radius 2 is 1.80 bits per heavy atom. The van der Waals surface area contributed by atoms with E-state index in [0.29, 0.717) is 5.92 Å². The monoisotopic (exact) mass is 273 g/mol. The van der Waals surface area contributed by atoms with Gasteiger partial charge in [0.1, 0.15) is 5.82 Å². The van der Waals surface area contributed by atoms with Crippen molar-refractivity contribution in [2.75, 3.05) is 7.05 Å². The van der Waals surface area contributed by atoms with Crippen molar-refractivity contribution in [3.05, 3.63) is 34.6 Å². The van der Waals surface area contributed by atoms with E-state index in [1.807, 2.05) is 14.0 Å². The maximum absolute atomic E-state index is 14.5. The van der Waals surface area contributed by atoms with E-state index in [1.165, 1.54) is 19.3 Å². The van der Waals surface area contributed by atoms with E-state index >= 15 is 0 Å². The molecule has 0 aromatic heterocycles. The van der Waals surface area contributed by atoms with Crippen molar-refractivity contribution in [2.24, 2.45) is 29.6 Å². The molecule has 3 fully saturated rings. The lowest BCUT2D eigenvalue weighted by molar-refractivity contribution is 0.376. The minimum Gasteiger partial charge on any atom is -0.313 e. The van der Waals surface area contributed by atoms with Crippen LogP contribution in [0.15, 0.2) is 12.1 Å². The maximum atomic E-state index is 14.5. The summed E-state index contributed by atoms with van der Waals surface area (Å²) in [5, 5.41) is 3.44. The van der Waals surface area contributed by atoms with Crippen LogP contribution in [0.25, 0.3) is 0 Å². The average molecular weight is 273 g/mol. The first-order valence-electron chi connectivity index (χ1n) is 8.05. The molecule has 2 heteroatoms. The van der Waals surface area contributed by atoms with Crippen LogP contribution < -0.4 is 5.32 Å². The molecule has 1 nitrogen and oxygen atoms in total. The molecule has 3 aliphatic carbocycles. The first kappa shape index (κ1) is 12.8. The lowest BCUT2D eigenvalue weighted by Crippen LogP contribution is -2.24. The van der Waals surface area contributed by atoms with Crippen LogP contribution in [-0.4, -0.2) is 7.05 Å². The topological polar surface area (TPSA) is 12.0 Å². The molecule has 4 rings (SSSR count). The molecule has 108 valence electrons. The Balaban J connectivity index is 1.67. The molecule has 3 aliphatic rings. The fourth-order valence-electron chi connectivity index (χ4n) is 5.69. The Labute approximate surface area is 121 Å². The highest BCUT2D eigenvalue weighted by Gasteiger charge is 2.66. The predicted molar refractivity (Wildman–Crippen MR) is 79.0 cm³/mol. The summed E-state index contributed by atoms with van der Waals surface area (Å²) >= 11 is 0. The van der Waals surface area contributed by atoms with Crippen molar-refractivity contribution >= 4 is 0 Å². The number of fused-ring (bicyclic) bond motifs is 5. The number of benzene rings is 1. The molecule has 0 spiro atoms. The van der Waals surface area contributed by atoms with Gasteiger partial charge in [0.2, 0.25) is 0 Å². The van der Waals surface area contributed by atoms with Crippen LogP contribution in [0.2, 0.25) is 0 Å². The Hall–Kier alpha value is -0.890. The third kappa shape index (κ3) is 1.64. The zero-order chi connectivity index (χ0) is 14.0. The van der Waals surface area contributed by atoms with E-state index in [0.717, 1.165) is 40.4 Å².